The van der Waals surface area contributed by atoms with Crippen molar-refractivity contribution in [1.82, 2.24) is 9.97 Å². The summed E-state index contributed by atoms with van der Waals surface area (Å²) in [5.41, 5.74) is 7.13. The van der Waals surface area contributed by atoms with Crippen molar-refractivity contribution in [2.24, 2.45) is 0 Å². The molecule has 4 rings (SSSR count). The maximum absolute atomic E-state index is 13.0. The molecular formula is C21H21Cl2N5O3S. The van der Waals surface area contributed by atoms with Gasteiger partial charge in [-0.2, -0.15) is 4.98 Å². The van der Waals surface area contributed by atoms with Gasteiger partial charge in [-0.25, -0.2) is 13.4 Å². The fourth-order valence-corrected chi connectivity index (χ4v) is 5.23. The number of anilines is 3. The van der Waals surface area contributed by atoms with Crippen LogP contribution >= 0.6 is 23.2 Å². The van der Waals surface area contributed by atoms with Crippen molar-refractivity contribution in [3.63, 3.8) is 0 Å². The van der Waals surface area contributed by atoms with Gasteiger partial charge in [0.25, 0.3) is 0 Å². The van der Waals surface area contributed by atoms with Crippen LogP contribution in [0.25, 0.3) is 0 Å². The van der Waals surface area contributed by atoms with Gasteiger partial charge >= 0.3 is 0 Å². The predicted octanol–water partition coefficient (Wildman–Crippen LogP) is 3.53. The van der Waals surface area contributed by atoms with Crippen molar-refractivity contribution < 1.29 is 13.2 Å². The third kappa shape index (κ3) is 4.41. The number of methoxy groups -OCH3 is 1. The van der Waals surface area contributed by atoms with E-state index in [1.165, 1.54) is 31.5 Å². The first-order valence-corrected chi connectivity index (χ1v) is 12.0. The second kappa shape index (κ2) is 9.01. The Morgan fingerprint density at radius 1 is 1.00 bits per heavy atom. The molecule has 0 amide bonds. The van der Waals surface area contributed by atoms with E-state index >= 15 is 0 Å². The summed E-state index contributed by atoms with van der Waals surface area (Å²) in [6, 6.07) is 11.9. The molecule has 2 N–H and O–H groups in total. The Bertz CT molecular complexity index is 1230. The molecule has 0 atom stereocenters. The van der Waals surface area contributed by atoms with Crippen LogP contribution in [0, 0.1) is 0 Å². The van der Waals surface area contributed by atoms with Crippen molar-refractivity contribution in [2.45, 2.75) is 9.79 Å². The summed E-state index contributed by atoms with van der Waals surface area (Å²) < 4.78 is 31.1. The zero-order valence-electron chi connectivity index (χ0n) is 17.2. The number of piperazine rings is 1. The lowest BCUT2D eigenvalue weighted by Crippen LogP contribution is -2.47. The molecule has 0 saturated carbocycles. The lowest BCUT2D eigenvalue weighted by atomic mass is 10.2. The van der Waals surface area contributed by atoms with Gasteiger partial charge in [0, 0.05) is 36.9 Å². The topological polar surface area (TPSA) is 102 Å². The van der Waals surface area contributed by atoms with Crippen LogP contribution in [-0.4, -0.2) is 51.7 Å². The summed E-state index contributed by atoms with van der Waals surface area (Å²) in [5.74, 6) is 0.662. The van der Waals surface area contributed by atoms with Gasteiger partial charge < -0.3 is 20.3 Å². The van der Waals surface area contributed by atoms with Gasteiger partial charge in [0.1, 0.15) is 16.5 Å². The van der Waals surface area contributed by atoms with Gasteiger partial charge in [-0.3, -0.25) is 0 Å². The van der Waals surface area contributed by atoms with Crippen LogP contribution in [0.4, 0.5) is 17.5 Å². The minimum Gasteiger partial charge on any atom is -0.495 e. The maximum atomic E-state index is 13.0. The molecule has 0 unspecified atom stereocenters. The Morgan fingerprint density at radius 3 is 2.25 bits per heavy atom. The van der Waals surface area contributed by atoms with Crippen LogP contribution in [0.5, 0.6) is 5.75 Å². The van der Waals surface area contributed by atoms with Crippen LogP contribution in [0.1, 0.15) is 0 Å². The number of benzene rings is 2. The standard InChI is InChI=1S/C21H21Cl2N5O3S/c1-31-18-7-6-16(12-17(18)23)32(29,30)19-13-25-21(26-20(19)24)28-10-8-27(9-11-28)15-4-2-14(22)3-5-15/h2-7,12-13H,8-11H2,1H3,(H2,24,25,26). The molecule has 1 fully saturated rings. The van der Waals surface area contributed by atoms with E-state index in [0.29, 0.717) is 29.8 Å². The first kappa shape index (κ1) is 22.4. The molecule has 0 radical (unpaired) electrons. The minimum atomic E-state index is -3.94. The normalized spacial score (nSPS) is 14.5. The Balaban J connectivity index is 1.51. The van der Waals surface area contributed by atoms with E-state index in [1.54, 1.807) is 0 Å². The van der Waals surface area contributed by atoms with Crippen molar-refractivity contribution in [2.75, 3.05) is 48.8 Å². The number of halogens is 2. The van der Waals surface area contributed by atoms with Gasteiger partial charge in [0.15, 0.2) is 0 Å². The van der Waals surface area contributed by atoms with Crippen molar-refractivity contribution in [3.8, 4) is 5.75 Å². The number of sulfone groups is 1. The number of hydrogen-bond acceptors (Lipinski definition) is 8. The van der Waals surface area contributed by atoms with E-state index in [9.17, 15) is 8.42 Å². The van der Waals surface area contributed by atoms with E-state index in [2.05, 4.69) is 14.9 Å². The van der Waals surface area contributed by atoms with Gasteiger partial charge in [-0.1, -0.05) is 23.2 Å². The summed E-state index contributed by atoms with van der Waals surface area (Å²) >= 11 is 12.0. The highest BCUT2D eigenvalue weighted by Crippen LogP contribution is 2.31. The second-order valence-electron chi connectivity index (χ2n) is 7.17. The molecule has 1 aliphatic rings. The first-order valence-electron chi connectivity index (χ1n) is 9.76. The smallest absolute Gasteiger partial charge is 0.227 e. The third-order valence-corrected chi connectivity index (χ3v) is 7.56. The average Bonchev–Trinajstić information content (AvgIpc) is 2.79. The Hall–Kier alpha value is -2.75. The van der Waals surface area contributed by atoms with E-state index in [-0.39, 0.29) is 20.6 Å². The van der Waals surface area contributed by atoms with E-state index < -0.39 is 9.84 Å². The fourth-order valence-electron chi connectivity index (χ4n) is 3.49. The molecule has 11 heteroatoms. The Morgan fingerprint density at radius 2 is 1.66 bits per heavy atom. The molecule has 3 aromatic rings. The molecule has 2 aromatic carbocycles. The van der Waals surface area contributed by atoms with E-state index in [0.717, 1.165) is 18.8 Å². The summed E-state index contributed by atoms with van der Waals surface area (Å²) in [6.07, 6.45) is 1.25. The van der Waals surface area contributed by atoms with Crippen LogP contribution in [0.3, 0.4) is 0 Å². The van der Waals surface area contributed by atoms with Gasteiger partial charge in [0.05, 0.1) is 23.2 Å². The number of ether oxygens (including phenoxy) is 1. The summed E-state index contributed by atoms with van der Waals surface area (Å²) in [5, 5.41) is 0.881. The molecule has 0 bridgehead atoms. The monoisotopic (exact) mass is 493 g/mol. The van der Waals surface area contributed by atoms with Gasteiger partial charge in [0.2, 0.25) is 15.8 Å². The molecule has 8 nitrogen and oxygen atoms in total. The third-order valence-electron chi connectivity index (χ3n) is 5.25. The summed E-state index contributed by atoms with van der Waals surface area (Å²) in [7, 11) is -2.49. The Labute approximate surface area is 196 Å². The van der Waals surface area contributed by atoms with E-state index in [1.807, 2.05) is 29.2 Å². The molecule has 1 saturated heterocycles. The average molecular weight is 494 g/mol. The van der Waals surface area contributed by atoms with Crippen LogP contribution in [-0.2, 0) is 9.84 Å². The van der Waals surface area contributed by atoms with Crippen molar-refractivity contribution in [3.05, 3.63) is 58.7 Å². The SMILES string of the molecule is COc1ccc(S(=O)(=O)c2cnc(N3CCN(c4ccc(Cl)cc4)CC3)nc2N)cc1Cl. The van der Waals surface area contributed by atoms with Gasteiger partial charge in [-0.15, -0.1) is 0 Å². The van der Waals surface area contributed by atoms with Crippen molar-refractivity contribution >= 4 is 50.5 Å². The lowest BCUT2D eigenvalue weighted by Gasteiger charge is -2.36. The second-order valence-corrected chi connectivity index (χ2v) is 9.93. The highest BCUT2D eigenvalue weighted by molar-refractivity contribution is 7.91. The minimum absolute atomic E-state index is 0.0112. The quantitative estimate of drug-likeness (QED) is 0.575. The number of aromatic nitrogens is 2. The van der Waals surface area contributed by atoms with Crippen LogP contribution in [0.15, 0.2) is 58.5 Å². The lowest BCUT2D eigenvalue weighted by molar-refractivity contribution is 0.414. The molecule has 0 aliphatic carbocycles. The molecule has 0 spiro atoms. The van der Waals surface area contributed by atoms with Crippen molar-refractivity contribution in [1.29, 1.82) is 0 Å². The highest BCUT2D eigenvalue weighted by atomic mass is 35.5. The Kier molecular flexibility index (Phi) is 6.32. The largest absolute Gasteiger partial charge is 0.495 e. The summed E-state index contributed by atoms with van der Waals surface area (Å²) in [4.78, 5) is 12.6. The molecule has 168 valence electrons. The fraction of sp³-hybridized carbons (Fsp3) is 0.238. The van der Waals surface area contributed by atoms with Crippen LogP contribution in [0.2, 0.25) is 10.0 Å². The number of rotatable bonds is 5. The first-order chi connectivity index (χ1) is 15.3. The highest BCUT2D eigenvalue weighted by Gasteiger charge is 2.26. The van der Waals surface area contributed by atoms with Gasteiger partial charge in [-0.05, 0) is 42.5 Å². The molecule has 1 aliphatic heterocycles. The molecular weight excluding hydrogens is 473 g/mol. The van der Waals surface area contributed by atoms with E-state index in [4.69, 9.17) is 33.7 Å². The maximum Gasteiger partial charge on any atom is 0.227 e. The number of nitrogens with two attached hydrogens (primary N) is 1. The van der Waals surface area contributed by atoms with Crippen LogP contribution < -0.4 is 20.3 Å². The number of hydrogen-bond donors (Lipinski definition) is 1. The number of nitrogens with zero attached hydrogens (tertiary/aromatic N) is 4. The molecule has 1 aromatic heterocycles. The molecule has 2 heterocycles. The molecule has 32 heavy (non-hydrogen) atoms. The number of nitrogen functional groups attached to an aromatic ring is 1. The zero-order chi connectivity index (χ0) is 22.9. The zero-order valence-corrected chi connectivity index (χ0v) is 19.5. The predicted molar refractivity (Wildman–Crippen MR) is 126 cm³/mol. The summed E-state index contributed by atoms with van der Waals surface area (Å²) in [6.45, 7) is 2.86.